The SMILES string of the molecule is Cc1ccc2c(oc3ncccc32)c1N1C=CN(C)C1C.[2H]C(C)(C)N1c2nccnc2N(c2c(C)ccc3c2oc2ccccc23)C1C.[2H]C([2H])([2H])C([2H])(C)N1c2ncccc2N(c2c(C)ccc3c2oc2ccccc23)C1C.[2H]C([2H])([2H])C([2H])(C)N1c2nccnc2N(c2c(C)ccc3c2oc2ccccc23)C1C.[2H]C([2H])([2H])N1c2nccnc2N(c2c(C)ccc3c2oc2ccccc23)C1C. The number of benzene rings is 9. The molecule has 0 spiro atoms. The van der Waals surface area contributed by atoms with Gasteiger partial charge in [0.1, 0.15) is 53.2 Å². The van der Waals surface area contributed by atoms with Crippen molar-refractivity contribution in [2.24, 2.45) is 0 Å². The minimum atomic E-state index is -2.55. The van der Waals surface area contributed by atoms with Gasteiger partial charge in [-0.05, 0) is 187 Å². The zero-order valence-corrected chi connectivity index (χ0v) is 73.1. The summed E-state index contributed by atoms with van der Waals surface area (Å²) >= 11 is 0. The van der Waals surface area contributed by atoms with E-state index in [2.05, 4.69) is 150 Å². The van der Waals surface area contributed by atoms with Gasteiger partial charge in [0.15, 0.2) is 68.6 Å². The fraction of sp³-hybridized carbons (Fsp3) is 0.250. The molecule has 10 aromatic heterocycles. The first-order valence-electron chi connectivity index (χ1n) is 48.5. The number of rotatable bonds is 8. The predicted molar refractivity (Wildman–Crippen MR) is 517 cm³/mol. The molecule has 0 saturated heterocycles. The summed E-state index contributed by atoms with van der Waals surface area (Å²) in [5, 5.41) is 10.4. The smallest absolute Gasteiger partial charge is 0.227 e. The minimum Gasteiger partial charge on any atom is -0.454 e. The van der Waals surface area contributed by atoms with Gasteiger partial charge in [0.2, 0.25) is 5.71 Å². The number of para-hydroxylation sites is 4. The molecular weight excluding hydrogens is 1580 g/mol. The van der Waals surface area contributed by atoms with Crippen LogP contribution in [0.15, 0.2) is 266 Å². The molecule has 5 aliphatic rings. The van der Waals surface area contributed by atoms with E-state index in [9.17, 15) is 0 Å². The van der Waals surface area contributed by atoms with Crippen molar-refractivity contribution in [2.75, 3.05) is 58.1 Å². The second-order valence-corrected chi connectivity index (χ2v) is 33.0. The fourth-order valence-corrected chi connectivity index (χ4v) is 19.0. The fourth-order valence-electron chi connectivity index (χ4n) is 19.0. The van der Waals surface area contributed by atoms with Gasteiger partial charge in [-0.15, -0.1) is 0 Å². The molecule has 19 aromatic rings. The summed E-state index contributed by atoms with van der Waals surface area (Å²) in [6.07, 6.45) is 15.8. The normalized spacial score (nSPS) is 19.7. The van der Waals surface area contributed by atoms with E-state index >= 15 is 0 Å². The molecule has 7 atom stereocenters. The molecule has 5 aliphatic heterocycles. The first kappa shape index (κ1) is 67.7. The predicted octanol–water partition coefficient (Wildman–Crippen LogP) is 25.3. The van der Waals surface area contributed by atoms with Crippen molar-refractivity contribution in [1.82, 2.24) is 44.8 Å². The van der Waals surface area contributed by atoms with E-state index in [0.29, 0.717) is 40.4 Å². The van der Waals surface area contributed by atoms with E-state index in [1.165, 1.54) is 41.6 Å². The van der Waals surface area contributed by atoms with Crippen molar-refractivity contribution < 1.29 is 38.5 Å². The van der Waals surface area contributed by atoms with Gasteiger partial charge in [0.25, 0.3) is 0 Å². The van der Waals surface area contributed by atoms with Gasteiger partial charge in [0, 0.05) is 160 Å². The maximum atomic E-state index is 8.77. The molecule has 638 valence electrons. The monoisotopic (exact) mass is 1690 g/mol. The highest BCUT2D eigenvalue weighted by molar-refractivity contribution is 6.15. The standard InChI is InChI=1S/C23H23N3O.2C22H22N4O.C20H18N4O.C17H17N3O/c1-14(2)25-16(4)26(19-9-7-13-24-23(19)25)21-15(3)11-12-18-17-8-5-6-10-20(17)27-22(18)21;2*1-13(2)25-15(4)26(22-21(25)23-11-12-24-22)19-14(3)9-10-17-16-7-5-6-8-18(16)27-20(17)19;1-12-8-9-15-14-6-4-5-7-16(14)25-18(15)17(12)24-13(2)23(3)19-20(24)22-11-10-21-19;1-11-6-7-13-14-5-4-8-18-17(14)21-16(13)15(11)20-10-9-19(3)12(20)2/h5-14,16H,1-4H3;2*5-13,15H,1-4H3;4-11,13H,1-3H3;4-10,12H,1-3H3/i1D3,14D;1D3,13D;13D;3D3;. The van der Waals surface area contributed by atoms with Crippen molar-refractivity contribution in [2.45, 2.75) is 160 Å². The van der Waals surface area contributed by atoms with Crippen LogP contribution in [0.3, 0.4) is 0 Å². The van der Waals surface area contributed by atoms with Crippen LogP contribution in [0.4, 0.5) is 74.8 Å². The summed E-state index contributed by atoms with van der Waals surface area (Å²) in [6.45, 7) is 19.2. The highest BCUT2D eigenvalue weighted by atomic mass is 16.4. The molecule has 9 aromatic carbocycles. The third kappa shape index (κ3) is 13.1. The highest BCUT2D eigenvalue weighted by Gasteiger charge is 2.44. The Hall–Kier alpha value is -14.7. The number of hydrogen-bond acceptors (Lipinski definition) is 23. The number of furan rings is 5. The van der Waals surface area contributed by atoms with Crippen LogP contribution in [0.25, 0.3) is 110 Å². The molecule has 0 fully saturated rings. The quantitative estimate of drug-likeness (QED) is 0.139. The number of pyridine rings is 2. The lowest BCUT2D eigenvalue weighted by Crippen LogP contribution is -2.42. The van der Waals surface area contributed by atoms with Crippen LogP contribution in [0.2, 0.25) is 0 Å². The van der Waals surface area contributed by atoms with Crippen LogP contribution < -0.4 is 44.1 Å². The largest absolute Gasteiger partial charge is 0.454 e. The van der Waals surface area contributed by atoms with Crippen LogP contribution in [0.5, 0.6) is 0 Å². The highest BCUT2D eigenvalue weighted by Crippen LogP contribution is 2.53. The summed E-state index contributed by atoms with van der Waals surface area (Å²) < 4.78 is 129. The Morgan fingerprint density at radius 3 is 1.05 bits per heavy atom. The molecule has 15 heterocycles. The molecule has 127 heavy (non-hydrogen) atoms. The summed E-state index contributed by atoms with van der Waals surface area (Å²) in [6, 6.07) is 55.6. The number of nitrogens with zero attached hydrogens (tertiary/aromatic N) is 18. The number of aromatic nitrogens is 8. The van der Waals surface area contributed by atoms with E-state index in [1.54, 1.807) is 42.1 Å². The van der Waals surface area contributed by atoms with Gasteiger partial charge in [-0.1, -0.05) is 133 Å². The van der Waals surface area contributed by atoms with Gasteiger partial charge in [-0.3, -0.25) is 14.7 Å². The average molecular weight is 1700 g/mol. The first-order valence-corrected chi connectivity index (χ1v) is 42.5. The molecule has 7 unspecified atom stereocenters. The number of fused-ring (bicyclic) bond motifs is 19. The second kappa shape index (κ2) is 31.8. The van der Waals surface area contributed by atoms with E-state index in [-0.39, 0.29) is 12.3 Å². The van der Waals surface area contributed by atoms with Crippen LogP contribution in [-0.4, -0.2) is 108 Å². The molecule has 0 radical (unpaired) electrons. The number of aryl methyl sites for hydroxylation is 5. The maximum Gasteiger partial charge on any atom is 0.227 e. The van der Waals surface area contributed by atoms with Crippen LogP contribution >= 0.6 is 0 Å². The number of anilines is 13. The van der Waals surface area contributed by atoms with Crippen molar-refractivity contribution in [3.05, 3.63) is 272 Å². The van der Waals surface area contributed by atoms with Gasteiger partial charge in [-0.2, -0.15) is 0 Å². The Balaban J connectivity index is 0.000000107. The Kier molecular flexibility index (Phi) is 17.0. The van der Waals surface area contributed by atoms with Gasteiger partial charge in [-0.25, -0.2) is 39.9 Å². The molecule has 24 rings (SSSR count). The molecule has 0 saturated carbocycles. The second-order valence-electron chi connectivity index (χ2n) is 33.0. The Labute approximate surface area is 753 Å². The van der Waals surface area contributed by atoms with E-state index in [0.717, 1.165) is 167 Å². The lowest BCUT2D eigenvalue weighted by atomic mass is 10.1. The Bertz CT molecular complexity index is 7690. The average Bonchev–Trinajstić information content (AvgIpc) is 1.58. The summed E-state index contributed by atoms with van der Waals surface area (Å²) in [5.74, 6) is 3.71. The third-order valence-corrected chi connectivity index (χ3v) is 25.0. The summed E-state index contributed by atoms with van der Waals surface area (Å²) in [4.78, 5) is 54.6. The molecule has 0 amide bonds. The van der Waals surface area contributed by atoms with Crippen molar-refractivity contribution in [1.29, 1.82) is 0 Å². The molecule has 23 heteroatoms. The summed E-state index contributed by atoms with van der Waals surface area (Å²) in [5.41, 5.74) is 18.4. The number of hydrogen-bond donors (Lipinski definition) is 0. The van der Waals surface area contributed by atoms with Crippen molar-refractivity contribution in [3.63, 3.8) is 0 Å². The molecule has 0 aliphatic carbocycles. The molecule has 0 bridgehead atoms. The van der Waals surface area contributed by atoms with Crippen molar-refractivity contribution >= 4 is 185 Å². The lowest BCUT2D eigenvalue weighted by Gasteiger charge is -2.33. The van der Waals surface area contributed by atoms with E-state index < -0.39 is 57.2 Å². The third-order valence-electron chi connectivity index (χ3n) is 25.0. The Morgan fingerprint density at radius 2 is 0.630 bits per heavy atom. The van der Waals surface area contributed by atoms with Crippen molar-refractivity contribution in [3.8, 4) is 0 Å². The zero-order chi connectivity index (χ0) is 98.1. The minimum absolute atomic E-state index is 0.123. The van der Waals surface area contributed by atoms with Crippen LogP contribution in [0, 0.1) is 34.6 Å². The van der Waals surface area contributed by atoms with Crippen LogP contribution in [0.1, 0.15) is 120 Å². The topological polar surface area (TPSA) is 201 Å². The maximum absolute atomic E-state index is 8.77. The van der Waals surface area contributed by atoms with Gasteiger partial charge >= 0.3 is 0 Å². The van der Waals surface area contributed by atoms with E-state index in [1.807, 2.05) is 208 Å². The van der Waals surface area contributed by atoms with Gasteiger partial charge in [0.05, 0.1) is 38.2 Å². The summed E-state index contributed by atoms with van der Waals surface area (Å²) in [7, 11) is 2.08. The first-order chi connectivity index (χ1) is 66.2. The lowest BCUT2D eigenvalue weighted by molar-refractivity contribution is 0.383. The molecule has 0 N–H and O–H groups in total. The molecular formula is C104H102N18O5. The zero-order valence-electron chi connectivity index (χ0n) is 85.1. The van der Waals surface area contributed by atoms with Crippen LogP contribution in [-0.2, 0) is 0 Å². The van der Waals surface area contributed by atoms with E-state index in [4.69, 9.17) is 38.5 Å². The molecule has 23 nitrogen and oxygen atoms in total. The van der Waals surface area contributed by atoms with Gasteiger partial charge < -0.3 is 56.4 Å². The Morgan fingerprint density at radius 1 is 0.299 bits per heavy atom.